The summed E-state index contributed by atoms with van der Waals surface area (Å²) in [5.41, 5.74) is 1.01. The number of rotatable bonds is 8. The standard InChI is InChI=1S/C25H21F3N4O3/c26-25(27,28)19-5-3-11-30-23(19)31-13-12-29-22(33)14-16-7-9-18(10-8-16)32-24(34)21-15-17-4-1-2-6-20(17)35-21/h1-11,15H,12-14H2,(H,29,33)(H,30,31)(H,32,34). The van der Waals surface area contributed by atoms with Crippen LogP contribution in [0.25, 0.3) is 11.0 Å². The van der Waals surface area contributed by atoms with E-state index in [9.17, 15) is 22.8 Å². The van der Waals surface area contributed by atoms with Crippen LogP contribution in [0.2, 0.25) is 0 Å². The average molecular weight is 482 g/mol. The molecule has 0 radical (unpaired) electrons. The number of nitrogens with one attached hydrogen (secondary N) is 3. The zero-order valence-electron chi connectivity index (χ0n) is 18.4. The van der Waals surface area contributed by atoms with Crippen LogP contribution >= 0.6 is 0 Å². The number of para-hydroxylation sites is 1. The lowest BCUT2D eigenvalue weighted by atomic mass is 10.1. The molecule has 0 saturated heterocycles. The monoisotopic (exact) mass is 482 g/mol. The lowest BCUT2D eigenvalue weighted by Crippen LogP contribution is -2.30. The number of hydrogen-bond donors (Lipinski definition) is 3. The number of furan rings is 1. The highest BCUT2D eigenvalue weighted by atomic mass is 19.4. The molecule has 2 aromatic heterocycles. The molecule has 180 valence electrons. The molecule has 2 amide bonds. The summed E-state index contributed by atoms with van der Waals surface area (Å²) in [5.74, 6) is -0.769. The fourth-order valence-electron chi connectivity index (χ4n) is 3.40. The van der Waals surface area contributed by atoms with Gasteiger partial charge in [-0.15, -0.1) is 0 Å². The van der Waals surface area contributed by atoms with Crippen LogP contribution in [0.15, 0.2) is 77.3 Å². The minimum absolute atomic E-state index is 0.0786. The van der Waals surface area contributed by atoms with Gasteiger partial charge in [0.05, 0.1) is 12.0 Å². The van der Waals surface area contributed by atoms with Gasteiger partial charge in [-0.2, -0.15) is 13.2 Å². The quantitative estimate of drug-likeness (QED) is 0.312. The van der Waals surface area contributed by atoms with Crippen molar-refractivity contribution in [1.29, 1.82) is 0 Å². The van der Waals surface area contributed by atoms with Crippen molar-refractivity contribution in [2.45, 2.75) is 12.6 Å². The van der Waals surface area contributed by atoms with Crippen LogP contribution in [0.5, 0.6) is 0 Å². The number of alkyl halides is 3. The Labute approximate surface area is 198 Å². The SMILES string of the molecule is O=C(Cc1ccc(NC(=O)c2cc3ccccc3o2)cc1)NCCNc1ncccc1C(F)(F)F. The Morgan fingerprint density at radius 2 is 1.71 bits per heavy atom. The first-order chi connectivity index (χ1) is 16.8. The van der Waals surface area contributed by atoms with E-state index < -0.39 is 11.7 Å². The van der Waals surface area contributed by atoms with Crippen LogP contribution in [0, 0.1) is 0 Å². The number of hydrogen-bond acceptors (Lipinski definition) is 5. The van der Waals surface area contributed by atoms with Gasteiger partial charge in [0.25, 0.3) is 5.91 Å². The summed E-state index contributed by atoms with van der Waals surface area (Å²) in [4.78, 5) is 28.3. The normalized spacial score (nSPS) is 11.3. The third-order valence-corrected chi connectivity index (χ3v) is 5.08. The van der Waals surface area contributed by atoms with Gasteiger partial charge in [0.2, 0.25) is 5.91 Å². The molecule has 0 aliphatic heterocycles. The van der Waals surface area contributed by atoms with Gasteiger partial charge in [0, 0.05) is 30.4 Å². The van der Waals surface area contributed by atoms with E-state index in [0.29, 0.717) is 16.8 Å². The van der Waals surface area contributed by atoms with Crippen molar-refractivity contribution in [3.05, 3.63) is 89.8 Å². The molecule has 4 rings (SSSR count). The molecule has 0 fully saturated rings. The summed E-state index contributed by atoms with van der Waals surface area (Å²) >= 11 is 0. The number of pyridine rings is 1. The number of benzene rings is 2. The highest BCUT2D eigenvalue weighted by Gasteiger charge is 2.33. The Hall–Kier alpha value is -4.34. The number of anilines is 2. The topological polar surface area (TPSA) is 96.3 Å². The van der Waals surface area contributed by atoms with E-state index in [1.54, 1.807) is 36.4 Å². The molecule has 35 heavy (non-hydrogen) atoms. The van der Waals surface area contributed by atoms with Crippen LogP contribution < -0.4 is 16.0 Å². The first-order valence-electron chi connectivity index (χ1n) is 10.7. The summed E-state index contributed by atoms with van der Waals surface area (Å²) in [6, 6.07) is 17.9. The first kappa shape index (κ1) is 23.8. The molecule has 0 bridgehead atoms. The van der Waals surface area contributed by atoms with E-state index in [2.05, 4.69) is 20.9 Å². The first-order valence-corrected chi connectivity index (χ1v) is 10.7. The third-order valence-electron chi connectivity index (χ3n) is 5.08. The highest BCUT2D eigenvalue weighted by molar-refractivity contribution is 6.04. The largest absolute Gasteiger partial charge is 0.451 e. The van der Waals surface area contributed by atoms with E-state index in [1.807, 2.05) is 18.2 Å². The summed E-state index contributed by atoms with van der Waals surface area (Å²) in [6.07, 6.45) is -3.17. The number of fused-ring (bicyclic) bond motifs is 1. The second-order valence-corrected chi connectivity index (χ2v) is 7.65. The lowest BCUT2D eigenvalue weighted by Gasteiger charge is -2.13. The molecule has 0 saturated carbocycles. The maximum atomic E-state index is 13.0. The maximum absolute atomic E-state index is 13.0. The van der Waals surface area contributed by atoms with Crippen LogP contribution in [0.4, 0.5) is 24.7 Å². The summed E-state index contributed by atoms with van der Waals surface area (Å²) < 4.78 is 44.5. The summed E-state index contributed by atoms with van der Waals surface area (Å²) in [7, 11) is 0. The molecular weight excluding hydrogens is 461 g/mol. The fourth-order valence-corrected chi connectivity index (χ4v) is 3.40. The third kappa shape index (κ3) is 6.17. The van der Waals surface area contributed by atoms with Crippen molar-refractivity contribution in [3.63, 3.8) is 0 Å². The number of carbonyl (C=O) groups excluding carboxylic acids is 2. The van der Waals surface area contributed by atoms with Gasteiger partial charge in [0.1, 0.15) is 11.4 Å². The molecule has 2 aromatic carbocycles. The molecule has 0 aliphatic carbocycles. The number of amides is 2. The predicted molar refractivity (Wildman–Crippen MR) is 125 cm³/mol. The van der Waals surface area contributed by atoms with Gasteiger partial charge in [-0.25, -0.2) is 4.98 Å². The van der Waals surface area contributed by atoms with Crippen molar-refractivity contribution in [2.24, 2.45) is 0 Å². The van der Waals surface area contributed by atoms with Gasteiger partial charge in [-0.05, 0) is 42.0 Å². The van der Waals surface area contributed by atoms with Crippen molar-refractivity contribution in [1.82, 2.24) is 10.3 Å². The predicted octanol–water partition coefficient (Wildman–Crippen LogP) is 4.87. The van der Waals surface area contributed by atoms with E-state index in [0.717, 1.165) is 11.5 Å². The Bertz CT molecular complexity index is 1300. The van der Waals surface area contributed by atoms with Gasteiger partial charge < -0.3 is 20.4 Å². The Morgan fingerprint density at radius 3 is 2.46 bits per heavy atom. The van der Waals surface area contributed by atoms with Gasteiger partial charge in [0.15, 0.2) is 5.76 Å². The summed E-state index contributed by atoms with van der Waals surface area (Å²) in [6.45, 7) is 0.205. The van der Waals surface area contributed by atoms with Crippen LogP contribution in [0.1, 0.15) is 21.7 Å². The maximum Gasteiger partial charge on any atom is 0.419 e. The molecule has 0 unspecified atom stereocenters. The number of halogens is 3. The minimum Gasteiger partial charge on any atom is -0.451 e. The van der Waals surface area contributed by atoms with Crippen molar-refractivity contribution in [2.75, 3.05) is 23.7 Å². The molecule has 2 heterocycles. The zero-order chi connectivity index (χ0) is 24.8. The summed E-state index contributed by atoms with van der Waals surface area (Å²) in [5, 5.41) is 8.81. The fraction of sp³-hybridized carbons (Fsp3) is 0.160. The molecule has 4 aromatic rings. The number of carbonyl (C=O) groups is 2. The van der Waals surface area contributed by atoms with Gasteiger partial charge >= 0.3 is 6.18 Å². The van der Waals surface area contributed by atoms with Crippen LogP contribution in [0.3, 0.4) is 0 Å². The van der Waals surface area contributed by atoms with Crippen LogP contribution in [-0.2, 0) is 17.4 Å². The minimum atomic E-state index is -4.52. The number of aromatic nitrogens is 1. The van der Waals surface area contributed by atoms with E-state index in [1.165, 1.54) is 12.3 Å². The number of nitrogens with zero attached hydrogens (tertiary/aromatic N) is 1. The Kier molecular flexibility index (Phi) is 7.00. The second kappa shape index (κ2) is 10.3. The molecule has 0 spiro atoms. The zero-order valence-corrected chi connectivity index (χ0v) is 18.4. The molecule has 0 atom stereocenters. The molecule has 10 heteroatoms. The Balaban J connectivity index is 1.23. The molecular formula is C25H21F3N4O3. The van der Waals surface area contributed by atoms with E-state index in [-0.39, 0.29) is 42.9 Å². The van der Waals surface area contributed by atoms with Crippen molar-refractivity contribution >= 4 is 34.3 Å². The van der Waals surface area contributed by atoms with E-state index in [4.69, 9.17) is 4.42 Å². The molecule has 7 nitrogen and oxygen atoms in total. The van der Waals surface area contributed by atoms with Crippen LogP contribution in [-0.4, -0.2) is 29.9 Å². The van der Waals surface area contributed by atoms with Crippen molar-refractivity contribution < 1.29 is 27.2 Å². The average Bonchev–Trinajstić information content (AvgIpc) is 3.27. The van der Waals surface area contributed by atoms with Gasteiger partial charge in [-0.1, -0.05) is 30.3 Å². The van der Waals surface area contributed by atoms with Gasteiger partial charge in [-0.3, -0.25) is 9.59 Å². The molecule has 0 aliphatic rings. The Morgan fingerprint density at radius 1 is 0.943 bits per heavy atom. The van der Waals surface area contributed by atoms with Crippen molar-refractivity contribution in [3.8, 4) is 0 Å². The lowest BCUT2D eigenvalue weighted by molar-refractivity contribution is -0.137. The smallest absolute Gasteiger partial charge is 0.419 e. The highest BCUT2D eigenvalue weighted by Crippen LogP contribution is 2.33. The molecule has 3 N–H and O–H groups in total. The second-order valence-electron chi connectivity index (χ2n) is 7.65. The van der Waals surface area contributed by atoms with E-state index >= 15 is 0 Å².